The zero-order valence-electron chi connectivity index (χ0n) is 12.4. The van der Waals surface area contributed by atoms with Gasteiger partial charge in [0.2, 0.25) is 0 Å². The Morgan fingerprint density at radius 1 is 1.00 bits per heavy atom. The van der Waals surface area contributed by atoms with E-state index in [2.05, 4.69) is 29.0 Å². The summed E-state index contributed by atoms with van der Waals surface area (Å²) < 4.78 is 14.2. The predicted molar refractivity (Wildman–Crippen MR) is 85.7 cm³/mol. The number of benzene rings is 2. The number of anilines is 3. The Bertz CT molecular complexity index is 654. The first-order valence-electron chi connectivity index (χ1n) is 7.21. The molecular weight excluding hydrogens is 265 g/mol. The van der Waals surface area contributed by atoms with E-state index in [-0.39, 0.29) is 11.9 Å². The summed E-state index contributed by atoms with van der Waals surface area (Å²) in [7, 11) is 2.08. The number of likely N-dealkylation sites (N-methyl/N-ethyl adjacent to an activating group) is 1. The second-order valence-corrected chi connectivity index (χ2v) is 5.52. The van der Waals surface area contributed by atoms with Crippen molar-refractivity contribution in [1.82, 2.24) is 0 Å². The number of fused-ring (bicyclic) bond motifs is 1. The topological polar surface area (TPSA) is 32.5 Å². The number of para-hydroxylation sites is 2. The Hall–Kier alpha value is -2.07. The van der Waals surface area contributed by atoms with Crippen molar-refractivity contribution in [3.05, 3.63) is 53.8 Å². The molecule has 1 atom stereocenters. The molecular formula is C17H20FN3. The molecule has 3 rings (SSSR count). The van der Waals surface area contributed by atoms with Gasteiger partial charge >= 0.3 is 0 Å². The summed E-state index contributed by atoms with van der Waals surface area (Å²) in [6, 6.07) is 13.0. The van der Waals surface area contributed by atoms with E-state index in [1.165, 1.54) is 6.07 Å². The van der Waals surface area contributed by atoms with Crippen LogP contribution in [-0.4, -0.2) is 20.1 Å². The van der Waals surface area contributed by atoms with Gasteiger partial charge in [-0.05, 0) is 31.2 Å². The van der Waals surface area contributed by atoms with Crippen LogP contribution in [0.15, 0.2) is 42.5 Å². The van der Waals surface area contributed by atoms with Gasteiger partial charge in [-0.2, -0.15) is 0 Å². The van der Waals surface area contributed by atoms with Crippen molar-refractivity contribution < 1.29 is 4.39 Å². The largest absolute Gasteiger partial charge is 0.371 e. The molecule has 2 N–H and O–H groups in total. The number of halogens is 1. The van der Waals surface area contributed by atoms with Gasteiger partial charge < -0.3 is 15.5 Å². The van der Waals surface area contributed by atoms with Gasteiger partial charge in [0.25, 0.3) is 0 Å². The molecule has 0 aliphatic carbocycles. The first kappa shape index (κ1) is 13.9. The van der Waals surface area contributed by atoms with E-state index >= 15 is 0 Å². The number of hydrogen-bond donors (Lipinski definition) is 1. The van der Waals surface area contributed by atoms with E-state index < -0.39 is 0 Å². The van der Waals surface area contributed by atoms with Gasteiger partial charge in [-0.3, -0.25) is 0 Å². The summed E-state index contributed by atoms with van der Waals surface area (Å²) >= 11 is 0. The summed E-state index contributed by atoms with van der Waals surface area (Å²) in [6.07, 6.45) is 0. The number of hydrogen-bond acceptors (Lipinski definition) is 3. The van der Waals surface area contributed by atoms with Gasteiger partial charge in [-0.15, -0.1) is 0 Å². The van der Waals surface area contributed by atoms with Gasteiger partial charge in [0, 0.05) is 37.4 Å². The lowest BCUT2D eigenvalue weighted by Crippen LogP contribution is -2.37. The van der Waals surface area contributed by atoms with Crippen molar-refractivity contribution in [3.63, 3.8) is 0 Å². The van der Waals surface area contributed by atoms with Gasteiger partial charge in [-0.1, -0.05) is 18.2 Å². The van der Waals surface area contributed by atoms with Gasteiger partial charge in [0.15, 0.2) is 0 Å². The number of nitrogens with two attached hydrogens (primary N) is 1. The quantitative estimate of drug-likeness (QED) is 0.917. The molecule has 0 amide bonds. The zero-order valence-corrected chi connectivity index (χ0v) is 12.4. The minimum Gasteiger partial charge on any atom is -0.371 e. The Morgan fingerprint density at radius 2 is 1.67 bits per heavy atom. The van der Waals surface area contributed by atoms with E-state index in [0.29, 0.717) is 5.56 Å². The van der Waals surface area contributed by atoms with Crippen LogP contribution in [0.5, 0.6) is 0 Å². The summed E-state index contributed by atoms with van der Waals surface area (Å²) in [6.45, 7) is 3.53. The fraction of sp³-hybridized carbons (Fsp3) is 0.294. The monoisotopic (exact) mass is 285 g/mol. The van der Waals surface area contributed by atoms with E-state index in [4.69, 9.17) is 5.73 Å². The normalized spacial score (nSPS) is 15.8. The smallest absolute Gasteiger partial charge is 0.130 e. The van der Waals surface area contributed by atoms with Crippen molar-refractivity contribution in [2.24, 2.45) is 5.73 Å². The lowest BCUT2D eigenvalue weighted by atomic mass is 10.0. The van der Waals surface area contributed by atoms with Crippen LogP contribution < -0.4 is 15.5 Å². The molecule has 4 heteroatoms. The lowest BCUT2D eigenvalue weighted by Gasteiger charge is -2.38. The second kappa shape index (κ2) is 5.37. The van der Waals surface area contributed by atoms with Gasteiger partial charge in [-0.25, -0.2) is 4.39 Å². The summed E-state index contributed by atoms with van der Waals surface area (Å²) in [4.78, 5) is 4.38. The molecule has 0 spiro atoms. The molecule has 110 valence electrons. The van der Waals surface area contributed by atoms with Crippen LogP contribution in [-0.2, 0) is 0 Å². The molecule has 0 unspecified atom stereocenters. The molecule has 3 nitrogen and oxygen atoms in total. The van der Waals surface area contributed by atoms with Crippen LogP contribution in [0.2, 0.25) is 0 Å². The average molecular weight is 285 g/mol. The minimum atomic E-state index is -0.340. The van der Waals surface area contributed by atoms with Crippen molar-refractivity contribution in [3.8, 4) is 0 Å². The third-order valence-electron chi connectivity index (χ3n) is 4.02. The van der Waals surface area contributed by atoms with Crippen LogP contribution in [0.1, 0.15) is 18.5 Å². The zero-order chi connectivity index (χ0) is 15.0. The predicted octanol–water partition coefficient (Wildman–Crippen LogP) is 3.43. The SMILES string of the molecule is C[C@H](N)c1c(F)cccc1N1CCN(C)c2ccccc21. The Kier molecular flexibility index (Phi) is 3.55. The highest BCUT2D eigenvalue weighted by atomic mass is 19.1. The fourth-order valence-electron chi connectivity index (χ4n) is 2.97. The van der Waals surface area contributed by atoms with E-state index in [1.807, 2.05) is 25.1 Å². The van der Waals surface area contributed by atoms with Gasteiger partial charge in [0.05, 0.1) is 11.4 Å². The highest BCUT2D eigenvalue weighted by Crippen LogP contribution is 2.39. The molecule has 0 saturated carbocycles. The Labute approximate surface area is 124 Å². The number of rotatable bonds is 2. The maximum atomic E-state index is 14.2. The van der Waals surface area contributed by atoms with Crippen LogP contribution in [0.25, 0.3) is 0 Å². The maximum Gasteiger partial charge on any atom is 0.130 e. The highest BCUT2D eigenvalue weighted by Gasteiger charge is 2.24. The summed E-state index contributed by atoms with van der Waals surface area (Å²) in [5.41, 5.74) is 9.69. The van der Waals surface area contributed by atoms with E-state index in [0.717, 1.165) is 30.2 Å². The first-order valence-corrected chi connectivity index (χ1v) is 7.21. The fourth-order valence-corrected chi connectivity index (χ4v) is 2.97. The third kappa shape index (κ3) is 2.36. The molecule has 2 aromatic rings. The molecule has 21 heavy (non-hydrogen) atoms. The second-order valence-electron chi connectivity index (χ2n) is 5.52. The van der Waals surface area contributed by atoms with Crippen LogP contribution in [0.4, 0.5) is 21.5 Å². The molecule has 0 radical (unpaired) electrons. The van der Waals surface area contributed by atoms with Crippen molar-refractivity contribution >= 4 is 17.1 Å². The van der Waals surface area contributed by atoms with Crippen molar-refractivity contribution in [2.75, 3.05) is 29.9 Å². The maximum absolute atomic E-state index is 14.2. The molecule has 0 saturated heterocycles. The molecule has 1 aliphatic rings. The molecule has 0 aromatic heterocycles. The molecule has 2 aromatic carbocycles. The van der Waals surface area contributed by atoms with Crippen LogP contribution in [0.3, 0.4) is 0 Å². The lowest BCUT2D eigenvalue weighted by molar-refractivity contribution is 0.593. The number of nitrogens with zero attached hydrogens (tertiary/aromatic N) is 2. The average Bonchev–Trinajstić information content (AvgIpc) is 2.47. The minimum absolute atomic E-state index is 0.237. The first-order chi connectivity index (χ1) is 10.1. The Morgan fingerprint density at radius 3 is 2.38 bits per heavy atom. The van der Waals surface area contributed by atoms with Crippen LogP contribution >= 0.6 is 0 Å². The van der Waals surface area contributed by atoms with Crippen molar-refractivity contribution in [1.29, 1.82) is 0 Å². The summed E-state index contributed by atoms with van der Waals surface area (Å²) in [5.74, 6) is -0.237. The third-order valence-corrected chi connectivity index (χ3v) is 4.02. The van der Waals surface area contributed by atoms with Crippen molar-refractivity contribution in [2.45, 2.75) is 13.0 Å². The molecule has 1 aliphatic heterocycles. The van der Waals surface area contributed by atoms with E-state index in [1.54, 1.807) is 6.07 Å². The van der Waals surface area contributed by atoms with Gasteiger partial charge in [0.1, 0.15) is 5.82 Å². The molecule has 0 fully saturated rings. The highest BCUT2D eigenvalue weighted by molar-refractivity contribution is 5.80. The van der Waals surface area contributed by atoms with Crippen LogP contribution in [0, 0.1) is 5.82 Å². The molecule has 0 bridgehead atoms. The Balaban J connectivity index is 2.15. The standard InChI is InChI=1S/C17H20FN3/c1-12(19)17-13(18)6-5-9-16(17)21-11-10-20(2)14-7-3-4-8-15(14)21/h3-9,12H,10-11,19H2,1-2H3/t12-/m0/s1. The summed E-state index contributed by atoms with van der Waals surface area (Å²) in [5, 5.41) is 0. The molecule has 1 heterocycles. The van der Waals surface area contributed by atoms with E-state index in [9.17, 15) is 4.39 Å².